The van der Waals surface area contributed by atoms with Gasteiger partial charge in [-0.3, -0.25) is 9.69 Å². The van der Waals surface area contributed by atoms with Crippen molar-refractivity contribution < 1.29 is 14.7 Å². The van der Waals surface area contributed by atoms with E-state index in [1.165, 1.54) is 6.42 Å². The number of hydrogen-bond donors (Lipinski definition) is 2. The normalized spacial score (nSPS) is 21.8. The van der Waals surface area contributed by atoms with Gasteiger partial charge < -0.3 is 10.4 Å². The molecule has 2 N–H and O–H groups in total. The third-order valence-corrected chi connectivity index (χ3v) is 5.55. The zero-order chi connectivity index (χ0) is 18.0. The maximum Gasteiger partial charge on any atom is 0.336 e. The molecule has 0 aromatic heterocycles. The predicted molar refractivity (Wildman–Crippen MR) is 100 cm³/mol. The number of halogens is 1. The van der Waals surface area contributed by atoms with Crippen molar-refractivity contribution in [3.05, 3.63) is 40.0 Å². The lowest BCUT2D eigenvalue weighted by Crippen LogP contribution is -2.38. The Morgan fingerprint density at radius 2 is 1.88 bits per heavy atom. The van der Waals surface area contributed by atoms with E-state index < -0.39 is 12.0 Å². The van der Waals surface area contributed by atoms with Gasteiger partial charge in [-0.05, 0) is 43.5 Å². The maximum absolute atomic E-state index is 13.1. The lowest BCUT2D eigenvalue weighted by atomic mass is 9.95. The van der Waals surface area contributed by atoms with Gasteiger partial charge in [-0.15, -0.1) is 0 Å². The van der Waals surface area contributed by atoms with Crippen LogP contribution in [-0.4, -0.2) is 29.1 Å². The SMILES string of the molecule is CCC1C(C(=O)O)=C(NC2CCCCC2)C(=O)N1c1ccc(Br)cc1. The third-order valence-electron chi connectivity index (χ3n) is 5.02. The quantitative estimate of drug-likeness (QED) is 0.779. The Labute approximate surface area is 156 Å². The lowest BCUT2D eigenvalue weighted by Gasteiger charge is -2.26. The van der Waals surface area contributed by atoms with Gasteiger partial charge in [0.2, 0.25) is 0 Å². The largest absolute Gasteiger partial charge is 0.478 e. The molecule has 0 bridgehead atoms. The van der Waals surface area contributed by atoms with Gasteiger partial charge in [-0.1, -0.05) is 42.1 Å². The molecular weight excluding hydrogens is 384 g/mol. The van der Waals surface area contributed by atoms with Crippen molar-refractivity contribution in [2.45, 2.75) is 57.5 Å². The highest BCUT2D eigenvalue weighted by molar-refractivity contribution is 9.10. The van der Waals surface area contributed by atoms with Crippen LogP contribution in [0.25, 0.3) is 0 Å². The Morgan fingerprint density at radius 3 is 2.44 bits per heavy atom. The second-order valence-corrected chi connectivity index (χ2v) is 7.56. The highest BCUT2D eigenvalue weighted by Gasteiger charge is 2.43. The molecule has 25 heavy (non-hydrogen) atoms. The molecule has 6 heteroatoms. The Balaban J connectivity index is 1.94. The molecule has 0 spiro atoms. The average Bonchev–Trinajstić information content (AvgIpc) is 2.89. The van der Waals surface area contributed by atoms with Crippen molar-refractivity contribution in [1.29, 1.82) is 0 Å². The van der Waals surface area contributed by atoms with Gasteiger partial charge in [-0.25, -0.2) is 4.79 Å². The number of anilines is 1. The molecule has 1 saturated carbocycles. The first-order valence-corrected chi connectivity index (χ1v) is 9.65. The van der Waals surface area contributed by atoms with Crippen molar-refractivity contribution in [2.75, 3.05) is 4.90 Å². The molecule has 1 aliphatic carbocycles. The predicted octanol–water partition coefficient (Wildman–Crippen LogP) is 3.84. The minimum absolute atomic E-state index is 0.185. The summed E-state index contributed by atoms with van der Waals surface area (Å²) >= 11 is 3.39. The fourth-order valence-electron chi connectivity index (χ4n) is 3.80. The van der Waals surface area contributed by atoms with E-state index in [9.17, 15) is 14.7 Å². The number of carboxylic acid groups (broad SMARTS) is 1. The number of benzene rings is 1. The summed E-state index contributed by atoms with van der Waals surface area (Å²) in [5.74, 6) is -1.25. The first kappa shape index (κ1) is 18.0. The monoisotopic (exact) mass is 406 g/mol. The number of carboxylic acids is 1. The number of carbonyl (C=O) groups is 2. The molecule has 1 unspecified atom stereocenters. The van der Waals surface area contributed by atoms with Gasteiger partial charge in [0.05, 0.1) is 11.6 Å². The highest BCUT2D eigenvalue weighted by Crippen LogP contribution is 2.34. The van der Waals surface area contributed by atoms with E-state index in [1.54, 1.807) is 4.90 Å². The number of amides is 1. The summed E-state index contributed by atoms with van der Waals surface area (Å²) in [7, 11) is 0. The van der Waals surface area contributed by atoms with Gasteiger partial charge in [-0.2, -0.15) is 0 Å². The highest BCUT2D eigenvalue weighted by atomic mass is 79.9. The molecule has 2 aliphatic rings. The number of carbonyl (C=O) groups excluding carboxylic acids is 1. The van der Waals surface area contributed by atoms with Crippen LogP contribution in [0.1, 0.15) is 45.4 Å². The van der Waals surface area contributed by atoms with Crippen LogP contribution in [0, 0.1) is 0 Å². The molecule has 1 heterocycles. The van der Waals surface area contributed by atoms with E-state index in [1.807, 2.05) is 31.2 Å². The molecule has 1 aromatic rings. The van der Waals surface area contributed by atoms with Gasteiger partial charge in [0.25, 0.3) is 5.91 Å². The summed E-state index contributed by atoms with van der Waals surface area (Å²) in [4.78, 5) is 26.6. The number of rotatable bonds is 5. The summed E-state index contributed by atoms with van der Waals surface area (Å²) in [6.07, 6.45) is 5.97. The average molecular weight is 407 g/mol. The Bertz CT molecular complexity index is 693. The first-order valence-electron chi connectivity index (χ1n) is 8.86. The minimum Gasteiger partial charge on any atom is -0.478 e. The summed E-state index contributed by atoms with van der Waals surface area (Å²) in [6, 6.07) is 7.15. The van der Waals surface area contributed by atoms with E-state index in [-0.39, 0.29) is 23.2 Å². The summed E-state index contributed by atoms with van der Waals surface area (Å²) in [5.41, 5.74) is 1.19. The second kappa shape index (κ2) is 7.60. The van der Waals surface area contributed by atoms with E-state index in [2.05, 4.69) is 21.2 Å². The summed E-state index contributed by atoms with van der Waals surface area (Å²) in [6.45, 7) is 1.91. The molecule has 1 amide bonds. The van der Waals surface area contributed by atoms with Crippen molar-refractivity contribution in [3.8, 4) is 0 Å². The molecule has 3 rings (SSSR count). The molecule has 0 saturated heterocycles. The fraction of sp³-hybridized carbons (Fsp3) is 0.474. The van der Waals surface area contributed by atoms with Crippen LogP contribution in [0.2, 0.25) is 0 Å². The molecule has 1 atom stereocenters. The summed E-state index contributed by atoms with van der Waals surface area (Å²) in [5, 5.41) is 13.0. The topological polar surface area (TPSA) is 69.6 Å². The second-order valence-electron chi connectivity index (χ2n) is 6.65. The smallest absolute Gasteiger partial charge is 0.336 e. The van der Waals surface area contributed by atoms with Gasteiger partial charge >= 0.3 is 5.97 Å². The van der Waals surface area contributed by atoms with Gasteiger partial charge in [0.15, 0.2) is 0 Å². The summed E-state index contributed by atoms with van der Waals surface area (Å²) < 4.78 is 0.919. The Hall–Kier alpha value is -1.82. The molecule has 1 aliphatic heterocycles. The van der Waals surface area contributed by atoms with E-state index in [4.69, 9.17) is 0 Å². The molecule has 134 valence electrons. The molecule has 0 radical (unpaired) electrons. The molecule has 1 aromatic carbocycles. The zero-order valence-corrected chi connectivity index (χ0v) is 15.9. The van der Waals surface area contributed by atoms with Crippen molar-refractivity contribution in [2.24, 2.45) is 0 Å². The van der Waals surface area contributed by atoms with E-state index in [0.717, 1.165) is 35.8 Å². The fourth-order valence-corrected chi connectivity index (χ4v) is 4.06. The maximum atomic E-state index is 13.1. The van der Waals surface area contributed by atoms with Crippen LogP contribution in [0.5, 0.6) is 0 Å². The van der Waals surface area contributed by atoms with Crippen LogP contribution in [-0.2, 0) is 9.59 Å². The van der Waals surface area contributed by atoms with Crippen LogP contribution < -0.4 is 10.2 Å². The van der Waals surface area contributed by atoms with Crippen LogP contribution >= 0.6 is 15.9 Å². The number of hydrogen-bond acceptors (Lipinski definition) is 3. The van der Waals surface area contributed by atoms with Crippen molar-refractivity contribution in [1.82, 2.24) is 5.32 Å². The van der Waals surface area contributed by atoms with Crippen LogP contribution in [0.15, 0.2) is 40.0 Å². The van der Waals surface area contributed by atoms with Crippen molar-refractivity contribution >= 4 is 33.5 Å². The van der Waals surface area contributed by atoms with E-state index >= 15 is 0 Å². The zero-order valence-electron chi connectivity index (χ0n) is 14.3. The third kappa shape index (κ3) is 3.59. The Kier molecular flexibility index (Phi) is 5.47. The van der Waals surface area contributed by atoms with Gasteiger partial charge in [0, 0.05) is 16.2 Å². The number of aliphatic carboxylic acids is 1. The number of nitrogens with zero attached hydrogens (tertiary/aromatic N) is 1. The standard InChI is InChI=1S/C19H23BrN2O3/c1-2-15-16(19(24)25)17(21-13-6-4-3-5-7-13)18(23)22(15)14-10-8-12(20)9-11-14/h8-11,13,15,21H,2-7H2,1H3,(H,24,25). The molecule has 1 fully saturated rings. The first-order chi connectivity index (χ1) is 12.0. The van der Waals surface area contributed by atoms with E-state index in [0.29, 0.717) is 6.42 Å². The van der Waals surface area contributed by atoms with Crippen molar-refractivity contribution in [3.63, 3.8) is 0 Å². The Morgan fingerprint density at radius 1 is 1.24 bits per heavy atom. The van der Waals surface area contributed by atoms with Crippen LogP contribution in [0.4, 0.5) is 5.69 Å². The van der Waals surface area contributed by atoms with Gasteiger partial charge in [0.1, 0.15) is 5.70 Å². The molecule has 5 nitrogen and oxygen atoms in total. The molecular formula is C19H23BrN2O3. The van der Waals surface area contributed by atoms with Crippen LogP contribution in [0.3, 0.4) is 0 Å². The minimum atomic E-state index is -1.02. The number of nitrogens with one attached hydrogen (secondary N) is 1. The lowest BCUT2D eigenvalue weighted by molar-refractivity contribution is -0.133.